The summed E-state index contributed by atoms with van der Waals surface area (Å²) in [6.07, 6.45) is 1.89. The first-order valence-electron chi connectivity index (χ1n) is 3.76. The average Bonchev–Trinajstić information content (AvgIpc) is 2.15. The predicted octanol–water partition coefficient (Wildman–Crippen LogP) is 3.76. The summed E-state index contributed by atoms with van der Waals surface area (Å²) in [5.41, 5.74) is 2.71. The van der Waals surface area contributed by atoms with Crippen LogP contribution in [-0.4, -0.2) is 5.88 Å². The van der Waals surface area contributed by atoms with Crippen LogP contribution in [0.3, 0.4) is 0 Å². The van der Waals surface area contributed by atoms with E-state index in [-0.39, 0.29) is 5.92 Å². The molecular weight excluding hydrogens is 191 g/mol. The highest BCUT2D eigenvalue weighted by Crippen LogP contribution is 2.18. The summed E-state index contributed by atoms with van der Waals surface area (Å²) in [6, 6.07) is 10.1. The molecule has 1 rings (SSSR count). The van der Waals surface area contributed by atoms with Gasteiger partial charge in [-0.2, -0.15) is 0 Å². The van der Waals surface area contributed by atoms with Crippen molar-refractivity contribution in [3.05, 3.63) is 47.5 Å². The van der Waals surface area contributed by atoms with Crippen LogP contribution in [0, 0.1) is 0 Å². The van der Waals surface area contributed by atoms with Gasteiger partial charge in [0.15, 0.2) is 0 Å². The van der Waals surface area contributed by atoms with Crippen molar-refractivity contribution >= 4 is 23.2 Å². The molecule has 0 aliphatic rings. The van der Waals surface area contributed by atoms with Gasteiger partial charge in [0.1, 0.15) is 0 Å². The minimum Gasteiger partial charge on any atom is -0.126 e. The van der Waals surface area contributed by atoms with E-state index in [2.05, 4.69) is 0 Å². The summed E-state index contributed by atoms with van der Waals surface area (Å²) in [5.74, 6) is 0.790. The molecule has 0 saturated carbocycles. The number of allylic oxidation sites excluding steroid dienone is 1. The highest BCUT2D eigenvalue weighted by molar-refractivity contribution is 6.25. The van der Waals surface area contributed by atoms with Gasteiger partial charge in [0, 0.05) is 17.3 Å². The van der Waals surface area contributed by atoms with Gasteiger partial charge in [-0.3, -0.25) is 0 Å². The zero-order valence-electron chi connectivity index (χ0n) is 6.58. The van der Waals surface area contributed by atoms with Crippen molar-refractivity contribution in [1.82, 2.24) is 0 Å². The highest BCUT2D eigenvalue weighted by Gasteiger charge is 2.04. The standard InChI is InChI=1S/C10H10Cl2/c11-7-6-10(8-12)9-4-2-1-3-5-9/h1-7,10H,8H2. The Balaban J connectivity index is 2.80. The first kappa shape index (κ1) is 9.63. The second-order valence-corrected chi connectivity index (χ2v) is 3.05. The van der Waals surface area contributed by atoms with E-state index in [1.807, 2.05) is 36.4 Å². The van der Waals surface area contributed by atoms with Crippen molar-refractivity contribution in [2.45, 2.75) is 5.92 Å². The molecule has 0 fully saturated rings. The van der Waals surface area contributed by atoms with Crippen molar-refractivity contribution in [3.8, 4) is 0 Å². The molecule has 0 spiro atoms. The van der Waals surface area contributed by atoms with E-state index in [1.54, 1.807) is 0 Å². The molecule has 1 unspecified atom stereocenters. The molecule has 0 aliphatic carbocycles. The van der Waals surface area contributed by atoms with E-state index in [0.29, 0.717) is 5.88 Å². The number of hydrogen-bond donors (Lipinski definition) is 0. The Morgan fingerprint density at radius 2 is 1.92 bits per heavy atom. The zero-order chi connectivity index (χ0) is 8.81. The molecule has 64 valence electrons. The van der Waals surface area contributed by atoms with Crippen LogP contribution in [0.1, 0.15) is 11.5 Å². The van der Waals surface area contributed by atoms with Gasteiger partial charge >= 0.3 is 0 Å². The Kier molecular flexibility index (Phi) is 4.20. The van der Waals surface area contributed by atoms with Crippen LogP contribution >= 0.6 is 23.2 Å². The molecule has 0 saturated heterocycles. The minimum atomic E-state index is 0.227. The first-order valence-corrected chi connectivity index (χ1v) is 4.73. The monoisotopic (exact) mass is 200 g/mol. The number of rotatable bonds is 3. The summed E-state index contributed by atoms with van der Waals surface area (Å²) in [7, 11) is 0. The second-order valence-electron chi connectivity index (χ2n) is 2.49. The third-order valence-electron chi connectivity index (χ3n) is 1.70. The maximum absolute atomic E-state index is 5.77. The summed E-state index contributed by atoms with van der Waals surface area (Å²) in [6.45, 7) is 0. The summed E-state index contributed by atoms with van der Waals surface area (Å²) in [4.78, 5) is 0. The lowest BCUT2D eigenvalue weighted by Crippen LogP contribution is -1.95. The first-order chi connectivity index (χ1) is 5.88. The molecule has 0 bridgehead atoms. The lowest BCUT2D eigenvalue weighted by atomic mass is 10.0. The van der Waals surface area contributed by atoms with Crippen LogP contribution < -0.4 is 0 Å². The number of hydrogen-bond acceptors (Lipinski definition) is 0. The van der Waals surface area contributed by atoms with Gasteiger partial charge < -0.3 is 0 Å². The third-order valence-corrected chi connectivity index (χ3v) is 2.18. The van der Waals surface area contributed by atoms with Crippen molar-refractivity contribution < 1.29 is 0 Å². The van der Waals surface area contributed by atoms with Gasteiger partial charge in [-0.25, -0.2) is 0 Å². The molecule has 12 heavy (non-hydrogen) atoms. The van der Waals surface area contributed by atoms with Crippen molar-refractivity contribution in [3.63, 3.8) is 0 Å². The summed E-state index contributed by atoms with van der Waals surface area (Å²) < 4.78 is 0. The molecular formula is C10H10Cl2. The van der Waals surface area contributed by atoms with E-state index < -0.39 is 0 Å². The molecule has 1 atom stereocenters. The van der Waals surface area contributed by atoms with Crippen LogP contribution in [0.5, 0.6) is 0 Å². The largest absolute Gasteiger partial charge is 0.126 e. The van der Waals surface area contributed by atoms with Crippen LogP contribution in [0.25, 0.3) is 0 Å². The van der Waals surface area contributed by atoms with Crippen molar-refractivity contribution in [2.75, 3.05) is 5.88 Å². The third kappa shape index (κ3) is 2.54. The van der Waals surface area contributed by atoms with Crippen LogP contribution in [0.2, 0.25) is 0 Å². The SMILES string of the molecule is ClC=CC(CCl)c1ccccc1. The van der Waals surface area contributed by atoms with Gasteiger partial charge in [-0.15, -0.1) is 11.6 Å². The Bertz CT molecular complexity index is 241. The van der Waals surface area contributed by atoms with Crippen LogP contribution in [0.4, 0.5) is 0 Å². The predicted molar refractivity (Wildman–Crippen MR) is 54.9 cm³/mol. The Hall–Kier alpha value is -0.460. The molecule has 0 aliphatic heterocycles. The maximum Gasteiger partial charge on any atom is 0.0327 e. The van der Waals surface area contributed by atoms with Gasteiger partial charge in [0.05, 0.1) is 0 Å². The Morgan fingerprint density at radius 1 is 1.25 bits per heavy atom. The van der Waals surface area contributed by atoms with Gasteiger partial charge in [0.2, 0.25) is 0 Å². The normalized spacial score (nSPS) is 13.5. The molecule has 1 aromatic carbocycles. The lowest BCUT2D eigenvalue weighted by Gasteiger charge is -2.07. The molecule has 0 nitrogen and oxygen atoms in total. The highest BCUT2D eigenvalue weighted by atomic mass is 35.5. The quantitative estimate of drug-likeness (QED) is 0.653. The molecule has 0 heterocycles. The smallest absolute Gasteiger partial charge is 0.0327 e. The fraction of sp³-hybridized carbons (Fsp3) is 0.200. The summed E-state index contributed by atoms with van der Waals surface area (Å²) in [5, 5.41) is 0. The van der Waals surface area contributed by atoms with Crippen molar-refractivity contribution in [1.29, 1.82) is 0 Å². The molecule has 0 N–H and O–H groups in total. The molecule has 2 heteroatoms. The van der Waals surface area contributed by atoms with E-state index in [9.17, 15) is 0 Å². The van der Waals surface area contributed by atoms with E-state index in [4.69, 9.17) is 23.2 Å². The average molecular weight is 201 g/mol. The summed E-state index contributed by atoms with van der Waals surface area (Å²) >= 11 is 11.3. The Labute approximate surface area is 82.8 Å². The van der Waals surface area contributed by atoms with Crippen LogP contribution in [0.15, 0.2) is 41.9 Å². The number of benzene rings is 1. The van der Waals surface area contributed by atoms with Crippen LogP contribution in [-0.2, 0) is 0 Å². The second kappa shape index (κ2) is 5.23. The van der Waals surface area contributed by atoms with Crippen molar-refractivity contribution in [2.24, 2.45) is 0 Å². The minimum absolute atomic E-state index is 0.227. The maximum atomic E-state index is 5.77. The Morgan fingerprint density at radius 3 is 2.42 bits per heavy atom. The molecule has 0 amide bonds. The molecule has 1 aromatic rings. The number of halogens is 2. The van der Waals surface area contributed by atoms with E-state index in [0.717, 1.165) is 0 Å². The van der Waals surface area contributed by atoms with E-state index in [1.165, 1.54) is 11.1 Å². The molecule has 0 aromatic heterocycles. The zero-order valence-corrected chi connectivity index (χ0v) is 8.09. The van der Waals surface area contributed by atoms with E-state index >= 15 is 0 Å². The van der Waals surface area contributed by atoms with Gasteiger partial charge in [-0.1, -0.05) is 48.0 Å². The number of alkyl halides is 1. The molecule has 0 radical (unpaired) electrons. The van der Waals surface area contributed by atoms with Gasteiger partial charge in [-0.05, 0) is 5.56 Å². The fourth-order valence-electron chi connectivity index (χ4n) is 1.04. The topological polar surface area (TPSA) is 0 Å². The van der Waals surface area contributed by atoms with Gasteiger partial charge in [0.25, 0.3) is 0 Å². The fourth-order valence-corrected chi connectivity index (χ4v) is 1.50. The lowest BCUT2D eigenvalue weighted by molar-refractivity contribution is 0.979.